The molecule has 0 saturated heterocycles. The number of aromatic nitrogens is 2. The molecule has 0 bridgehead atoms. The highest BCUT2D eigenvalue weighted by atomic mass is 19.4. The summed E-state index contributed by atoms with van der Waals surface area (Å²) < 4.78 is 80.9. The molecular weight excluding hydrogens is 508 g/mol. The molecule has 2 aromatic carbocycles. The second-order valence-electron chi connectivity index (χ2n) is 9.11. The Labute approximate surface area is 215 Å². The summed E-state index contributed by atoms with van der Waals surface area (Å²) in [4.78, 5) is 23.4. The van der Waals surface area contributed by atoms with Crippen LogP contribution in [0.25, 0.3) is 0 Å². The van der Waals surface area contributed by atoms with Crippen molar-refractivity contribution in [1.82, 2.24) is 9.97 Å². The number of allylic oxidation sites excluding steroid dienone is 4. The maximum atomic E-state index is 14.2. The summed E-state index contributed by atoms with van der Waals surface area (Å²) >= 11 is 0. The van der Waals surface area contributed by atoms with Gasteiger partial charge in [-0.25, -0.2) is 28.0 Å². The van der Waals surface area contributed by atoms with Crippen LogP contribution in [0.4, 0.5) is 38.0 Å². The Morgan fingerprint density at radius 2 is 1.68 bits per heavy atom. The maximum Gasteiger partial charge on any atom is 0.415 e. The van der Waals surface area contributed by atoms with Gasteiger partial charge in [-0.1, -0.05) is 25.1 Å². The van der Waals surface area contributed by atoms with Crippen LogP contribution in [-0.2, 0) is 23.1 Å². The van der Waals surface area contributed by atoms with Gasteiger partial charge in [0.2, 0.25) is 11.9 Å². The van der Waals surface area contributed by atoms with E-state index < -0.39 is 47.0 Å². The van der Waals surface area contributed by atoms with E-state index in [0.717, 1.165) is 24.3 Å². The van der Waals surface area contributed by atoms with Crippen molar-refractivity contribution >= 4 is 17.5 Å². The van der Waals surface area contributed by atoms with Crippen LogP contribution in [-0.4, -0.2) is 22.1 Å². The third-order valence-electron chi connectivity index (χ3n) is 6.41. The second-order valence-corrected chi connectivity index (χ2v) is 9.11. The van der Waals surface area contributed by atoms with E-state index in [1.165, 1.54) is 30.3 Å². The predicted molar refractivity (Wildman–Crippen MR) is 130 cm³/mol. The summed E-state index contributed by atoms with van der Waals surface area (Å²) in [5.74, 6) is -3.22. The van der Waals surface area contributed by atoms with E-state index in [9.17, 15) is 31.1 Å². The molecule has 0 N–H and O–H groups in total. The fourth-order valence-corrected chi connectivity index (χ4v) is 4.62. The van der Waals surface area contributed by atoms with Gasteiger partial charge in [-0.15, -0.1) is 0 Å². The summed E-state index contributed by atoms with van der Waals surface area (Å²) in [7, 11) is 0. The minimum atomic E-state index is -4.77. The fourth-order valence-electron chi connectivity index (χ4n) is 4.62. The monoisotopic (exact) mass is 531 g/mol. The standard InChI is InChI=1S/C28H23F6N3O/c1-3-21(28(32,33)34)23(31)7-4-6-17-8-9-24-22(14-17)27(2,16-18-12-19(29)15-20(30)13-18)25(38)37(24)26-35-10-5-11-36-26/h4-5,7-15H,3,6,16H2,1-2H3/b7-4-,23-21-. The maximum absolute atomic E-state index is 14.2. The van der Waals surface area contributed by atoms with Crippen LogP contribution in [0.1, 0.15) is 37.0 Å². The molecule has 198 valence electrons. The fraction of sp³-hybridized carbons (Fsp3) is 0.250. The molecule has 4 nitrogen and oxygen atoms in total. The molecule has 1 aliphatic rings. The van der Waals surface area contributed by atoms with Crippen LogP contribution in [0.3, 0.4) is 0 Å². The molecule has 1 atom stereocenters. The first kappa shape index (κ1) is 27.1. The van der Waals surface area contributed by atoms with Gasteiger partial charge in [0.1, 0.15) is 17.5 Å². The zero-order chi connectivity index (χ0) is 27.7. The normalized spacial score (nSPS) is 18.2. The molecule has 1 unspecified atom stereocenters. The molecule has 0 saturated carbocycles. The van der Waals surface area contributed by atoms with Gasteiger partial charge < -0.3 is 0 Å². The molecule has 0 aliphatic carbocycles. The summed E-state index contributed by atoms with van der Waals surface area (Å²) in [5.41, 5.74) is -0.682. The van der Waals surface area contributed by atoms with Gasteiger partial charge in [0.15, 0.2) is 0 Å². The number of benzene rings is 2. The number of amides is 1. The van der Waals surface area contributed by atoms with Crippen molar-refractivity contribution in [2.45, 2.75) is 44.7 Å². The molecule has 4 rings (SSSR count). The molecule has 1 aliphatic heterocycles. The van der Waals surface area contributed by atoms with E-state index >= 15 is 0 Å². The lowest BCUT2D eigenvalue weighted by Gasteiger charge is -2.24. The molecule has 0 radical (unpaired) electrons. The minimum absolute atomic E-state index is 0.0427. The third kappa shape index (κ3) is 5.34. The first-order chi connectivity index (χ1) is 17.9. The van der Waals surface area contributed by atoms with Crippen LogP contribution in [0, 0.1) is 11.6 Å². The van der Waals surface area contributed by atoms with Crippen molar-refractivity contribution in [3.63, 3.8) is 0 Å². The highest BCUT2D eigenvalue weighted by molar-refractivity contribution is 6.12. The van der Waals surface area contributed by atoms with Gasteiger partial charge >= 0.3 is 6.18 Å². The predicted octanol–water partition coefficient (Wildman–Crippen LogP) is 7.23. The van der Waals surface area contributed by atoms with Gasteiger partial charge in [-0.3, -0.25) is 4.79 Å². The number of hydrogen-bond acceptors (Lipinski definition) is 3. The molecule has 3 aromatic rings. The van der Waals surface area contributed by atoms with E-state index in [1.54, 1.807) is 31.2 Å². The topological polar surface area (TPSA) is 46.1 Å². The number of nitrogens with zero attached hydrogens (tertiary/aromatic N) is 3. The van der Waals surface area contributed by atoms with Gasteiger partial charge in [-0.05, 0) is 73.2 Å². The number of alkyl halides is 3. The van der Waals surface area contributed by atoms with Crippen molar-refractivity contribution in [3.8, 4) is 0 Å². The number of rotatable bonds is 7. The quantitative estimate of drug-likeness (QED) is 0.239. The van der Waals surface area contributed by atoms with E-state index in [-0.39, 0.29) is 24.4 Å². The van der Waals surface area contributed by atoms with Gasteiger partial charge in [0, 0.05) is 18.5 Å². The van der Waals surface area contributed by atoms with Crippen molar-refractivity contribution in [2.24, 2.45) is 0 Å². The van der Waals surface area contributed by atoms with Crippen LogP contribution < -0.4 is 4.90 Å². The SMILES string of the molecule is CC/C(=C(F)\C=C/Cc1ccc2c(c1)C(C)(Cc1cc(F)cc(F)c1)C(=O)N2c1ncccn1)C(F)(F)F. The zero-order valence-electron chi connectivity index (χ0n) is 20.5. The van der Waals surface area contributed by atoms with Crippen molar-refractivity contribution in [3.05, 3.63) is 107 Å². The van der Waals surface area contributed by atoms with E-state index in [2.05, 4.69) is 9.97 Å². The van der Waals surface area contributed by atoms with E-state index in [0.29, 0.717) is 16.8 Å². The zero-order valence-corrected chi connectivity index (χ0v) is 20.5. The summed E-state index contributed by atoms with van der Waals surface area (Å²) in [6.45, 7) is 2.86. The second kappa shape index (κ2) is 10.4. The number of anilines is 2. The molecule has 0 fully saturated rings. The molecule has 2 heterocycles. The minimum Gasteiger partial charge on any atom is -0.273 e. The number of halogens is 6. The van der Waals surface area contributed by atoms with Crippen molar-refractivity contribution < 1.29 is 31.1 Å². The van der Waals surface area contributed by atoms with Gasteiger partial charge in [-0.2, -0.15) is 13.2 Å². The summed E-state index contributed by atoms with van der Waals surface area (Å²) in [5, 5.41) is 0. The Kier molecular flexibility index (Phi) is 7.44. The first-order valence-corrected chi connectivity index (χ1v) is 11.8. The molecule has 1 aromatic heterocycles. The number of carbonyl (C=O) groups excluding carboxylic acids is 1. The number of carbonyl (C=O) groups is 1. The smallest absolute Gasteiger partial charge is 0.273 e. The highest BCUT2D eigenvalue weighted by Gasteiger charge is 2.49. The van der Waals surface area contributed by atoms with Crippen LogP contribution in [0.15, 0.2) is 78.4 Å². The number of hydrogen-bond donors (Lipinski definition) is 0. The van der Waals surface area contributed by atoms with Gasteiger partial charge in [0.25, 0.3) is 0 Å². The summed E-state index contributed by atoms with van der Waals surface area (Å²) in [6.07, 6.45) is -0.236. The average molecular weight is 532 g/mol. The van der Waals surface area contributed by atoms with Crippen molar-refractivity contribution in [1.29, 1.82) is 0 Å². The molecule has 38 heavy (non-hydrogen) atoms. The lowest BCUT2D eigenvalue weighted by molar-refractivity contribution is -0.122. The van der Waals surface area contributed by atoms with E-state index in [1.807, 2.05) is 0 Å². The van der Waals surface area contributed by atoms with Gasteiger partial charge in [0.05, 0.1) is 16.7 Å². The first-order valence-electron chi connectivity index (χ1n) is 11.8. The average Bonchev–Trinajstić information content (AvgIpc) is 3.04. The number of fused-ring (bicyclic) bond motifs is 1. The third-order valence-corrected chi connectivity index (χ3v) is 6.41. The highest BCUT2D eigenvalue weighted by Crippen LogP contribution is 2.46. The Morgan fingerprint density at radius 1 is 1.03 bits per heavy atom. The van der Waals surface area contributed by atoms with E-state index in [4.69, 9.17) is 0 Å². The summed E-state index contributed by atoms with van der Waals surface area (Å²) in [6, 6.07) is 9.61. The lowest BCUT2D eigenvalue weighted by Crippen LogP contribution is -2.38. The largest absolute Gasteiger partial charge is 0.415 e. The van der Waals surface area contributed by atoms with Crippen LogP contribution in [0.5, 0.6) is 0 Å². The molecule has 0 spiro atoms. The Bertz CT molecular complexity index is 1400. The molecule has 10 heteroatoms. The lowest BCUT2D eigenvalue weighted by atomic mass is 9.77. The molecule has 1 amide bonds. The molecular formula is C28H23F6N3O. The van der Waals surface area contributed by atoms with Crippen molar-refractivity contribution in [2.75, 3.05) is 4.90 Å². The van der Waals surface area contributed by atoms with Crippen LogP contribution in [0.2, 0.25) is 0 Å². The Hall–Kier alpha value is -3.95. The Balaban J connectivity index is 1.74. The van der Waals surface area contributed by atoms with Crippen LogP contribution >= 0.6 is 0 Å². The Morgan fingerprint density at radius 3 is 2.29 bits per heavy atom.